The molecule has 1 heterocycles. The second kappa shape index (κ2) is 7.63. The van der Waals surface area contributed by atoms with Gasteiger partial charge in [0.2, 0.25) is 0 Å². The molecule has 0 spiro atoms. The molecule has 0 radical (unpaired) electrons. The van der Waals surface area contributed by atoms with Crippen LogP contribution in [-0.2, 0) is 11.3 Å². The fourth-order valence-corrected chi connectivity index (χ4v) is 2.83. The van der Waals surface area contributed by atoms with Gasteiger partial charge >= 0.3 is 6.09 Å². The lowest BCUT2D eigenvalue weighted by Crippen LogP contribution is -2.27. The highest BCUT2D eigenvalue weighted by molar-refractivity contribution is 5.90. The Hall–Kier alpha value is -2.44. The van der Waals surface area contributed by atoms with Crippen LogP contribution in [0.1, 0.15) is 12.5 Å². The third-order valence-corrected chi connectivity index (χ3v) is 4.25. The monoisotopic (exact) mass is 343 g/mol. The van der Waals surface area contributed by atoms with E-state index in [1.54, 1.807) is 12.1 Å². The van der Waals surface area contributed by atoms with E-state index in [0.29, 0.717) is 17.8 Å². The van der Waals surface area contributed by atoms with E-state index < -0.39 is 6.09 Å². The van der Waals surface area contributed by atoms with Crippen LogP contribution in [0.3, 0.4) is 0 Å². The molecule has 6 heteroatoms. The van der Waals surface area contributed by atoms with Crippen molar-refractivity contribution in [3.05, 3.63) is 53.8 Å². The topological polar surface area (TPSA) is 67.6 Å². The number of nitrogens with zero attached hydrogens (tertiary/aromatic N) is 1. The minimum Gasteiger partial charge on any atom is -0.443 e. The number of hydrogen-bond acceptors (Lipinski definition) is 4. The van der Waals surface area contributed by atoms with Crippen LogP contribution < -0.4 is 16.0 Å². The summed E-state index contributed by atoms with van der Waals surface area (Å²) in [4.78, 5) is 13.3. The standard InChI is InChI=1S/C19H22FN3O2/c1-2-22-11-13-3-5-14(6-4-13)17-8-7-15(9-18(17)20)23-12-16(10-21)25-19(23)24/h3-9,16,22H,2,10-12,21H2,1H3. The molecule has 1 fully saturated rings. The quantitative estimate of drug-likeness (QED) is 0.846. The Morgan fingerprint density at radius 2 is 2.04 bits per heavy atom. The van der Waals surface area contributed by atoms with E-state index in [1.807, 2.05) is 24.3 Å². The van der Waals surface area contributed by atoms with E-state index in [9.17, 15) is 9.18 Å². The lowest BCUT2D eigenvalue weighted by atomic mass is 10.0. The van der Waals surface area contributed by atoms with Gasteiger partial charge in [0.1, 0.15) is 11.9 Å². The van der Waals surface area contributed by atoms with Crippen molar-refractivity contribution in [1.29, 1.82) is 0 Å². The third-order valence-electron chi connectivity index (χ3n) is 4.25. The van der Waals surface area contributed by atoms with Crippen LogP contribution in [0.25, 0.3) is 11.1 Å². The number of benzene rings is 2. The van der Waals surface area contributed by atoms with Crippen LogP contribution in [0, 0.1) is 5.82 Å². The van der Waals surface area contributed by atoms with E-state index in [0.717, 1.165) is 24.2 Å². The van der Waals surface area contributed by atoms with Crippen molar-refractivity contribution >= 4 is 11.8 Å². The largest absolute Gasteiger partial charge is 0.443 e. The van der Waals surface area contributed by atoms with Crippen LogP contribution in [0.2, 0.25) is 0 Å². The number of hydrogen-bond donors (Lipinski definition) is 2. The first kappa shape index (κ1) is 17.4. The van der Waals surface area contributed by atoms with Gasteiger partial charge in [-0.2, -0.15) is 0 Å². The number of halogens is 1. The number of amides is 1. The van der Waals surface area contributed by atoms with Gasteiger partial charge in [-0.15, -0.1) is 0 Å². The lowest BCUT2D eigenvalue weighted by Gasteiger charge is -2.14. The minimum absolute atomic E-state index is 0.252. The van der Waals surface area contributed by atoms with Crippen molar-refractivity contribution in [2.75, 3.05) is 24.5 Å². The van der Waals surface area contributed by atoms with Gasteiger partial charge in [-0.1, -0.05) is 31.2 Å². The minimum atomic E-state index is -0.490. The highest BCUT2D eigenvalue weighted by Gasteiger charge is 2.31. The van der Waals surface area contributed by atoms with E-state index in [4.69, 9.17) is 10.5 Å². The first-order valence-electron chi connectivity index (χ1n) is 8.40. The van der Waals surface area contributed by atoms with Gasteiger partial charge in [0.25, 0.3) is 0 Å². The van der Waals surface area contributed by atoms with Gasteiger partial charge in [-0.05, 0) is 35.9 Å². The fourth-order valence-electron chi connectivity index (χ4n) is 2.83. The van der Waals surface area contributed by atoms with E-state index >= 15 is 0 Å². The first-order valence-corrected chi connectivity index (χ1v) is 8.40. The average molecular weight is 343 g/mol. The van der Waals surface area contributed by atoms with Crippen molar-refractivity contribution < 1.29 is 13.9 Å². The summed E-state index contributed by atoms with van der Waals surface area (Å²) in [6.07, 6.45) is -0.838. The zero-order chi connectivity index (χ0) is 17.8. The van der Waals surface area contributed by atoms with Crippen molar-refractivity contribution in [2.24, 2.45) is 5.73 Å². The Balaban J connectivity index is 1.79. The summed E-state index contributed by atoms with van der Waals surface area (Å²) in [6, 6.07) is 12.5. The zero-order valence-electron chi connectivity index (χ0n) is 14.2. The average Bonchev–Trinajstić information content (AvgIpc) is 3.01. The van der Waals surface area contributed by atoms with Crippen molar-refractivity contribution in [3.63, 3.8) is 0 Å². The summed E-state index contributed by atoms with van der Waals surface area (Å²) in [5, 5.41) is 3.25. The molecule has 25 heavy (non-hydrogen) atoms. The molecule has 1 aliphatic heterocycles. The zero-order valence-corrected chi connectivity index (χ0v) is 14.2. The summed E-state index contributed by atoms with van der Waals surface area (Å²) >= 11 is 0. The number of anilines is 1. The Bertz CT molecular complexity index is 749. The van der Waals surface area contributed by atoms with Gasteiger partial charge in [0.15, 0.2) is 0 Å². The summed E-state index contributed by atoms with van der Waals surface area (Å²) < 4.78 is 19.7. The number of nitrogens with two attached hydrogens (primary N) is 1. The molecule has 0 saturated carbocycles. The van der Waals surface area contributed by atoms with E-state index in [2.05, 4.69) is 12.2 Å². The molecule has 2 aromatic rings. The molecular weight excluding hydrogens is 321 g/mol. The number of cyclic esters (lactones) is 1. The molecule has 0 aliphatic carbocycles. The second-order valence-electron chi connectivity index (χ2n) is 5.99. The molecule has 5 nitrogen and oxygen atoms in total. The number of rotatable bonds is 6. The molecule has 1 aliphatic rings. The van der Waals surface area contributed by atoms with Gasteiger partial charge in [-0.3, -0.25) is 4.90 Å². The summed E-state index contributed by atoms with van der Waals surface area (Å²) in [5.41, 5.74) is 8.45. The van der Waals surface area contributed by atoms with Gasteiger partial charge in [0.05, 0.1) is 12.2 Å². The maximum atomic E-state index is 14.6. The molecular formula is C19H22FN3O2. The predicted molar refractivity (Wildman–Crippen MR) is 95.9 cm³/mol. The molecule has 1 atom stereocenters. The Labute approximate surface area is 146 Å². The molecule has 132 valence electrons. The number of ether oxygens (including phenoxy) is 1. The Kier molecular flexibility index (Phi) is 5.31. The van der Waals surface area contributed by atoms with E-state index in [-0.39, 0.29) is 18.5 Å². The van der Waals surface area contributed by atoms with Gasteiger partial charge in [-0.25, -0.2) is 9.18 Å². The smallest absolute Gasteiger partial charge is 0.414 e. The van der Waals surface area contributed by atoms with Crippen LogP contribution >= 0.6 is 0 Å². The Morgan fingerprint density at radius 1 is 1.28 bits per heavy atom. The summed E-state index contributed by atoms with van der Waals surface area (Å²) in [6.45, 7) is 4.34. The molecule has 3 rings (SSSR count). The normalized spacial score (nSPS) is 17.0. The third kappa shape index (κ3) is 3.81. The van der Waals surface area contributed by atoms with Gasteiger partial charge in [0, 0.05) is 18.7 Å². The van der Waals surface area contributed by atoms with Crippen molar-refractivity contribution in [3.8, 4) is 11.1 Å². The van der Waals surface area contributed by atoms with Crippen LogP contribution in [-0.4, -0.2) is 31.8 Å². The predicted octanol–water partition coefficient (Wildman–Crippen LogP) is 2.89. The van der Waals surface area contributed by atoms with Crippen LogP contribution in [0.4, 0.5) is 14.9 Å². The maximum Gasteiger partial charge on any atom is 0.414 e. The number of carbonyl (C=O) groups excluding carboxylic acids is 1. The van der Waals surface area contributed by atoms with E-state index in [1.165, 1.54) is 11.0 Å². The lowest BCUT2D eigenvalue weighted by molar-refractivity contribution is 0.145. The molecule has 1 unspecified atom stereocenters. The number of nitrogens with one attached hydrogen (secondary N) is 1. The summed E-state index contributed by atoms with van der Waals surface area (Å²) in [5.74, 6) is -0.374. The highest BCUT2D eigenvalue weighted by Crippen LogP contribution is 2.29. The SMILES string of the molecule is CCNCc1ccc(-c2ccc(N3CC(CN)OC3=O)cc2F)cc1. The fraction of sp³-hybridized carbons (Fsp3) is 0.316. The molecule has 3 N–H and O–H groups in total. The number of carbonyl (C=O) groups is 1. The molecule has 1 amide bonds. The first-order chi connectivity index (χ1) is 12.1. The van der Waals surface area contributed by atoms with Crippen LogP contribution in [0.5, 0.6) is 0 Å². The van der Waals surface area contributed by atoms with Crippen molar-refractivity contribution in [2.45, 2.75) is 19.6 Å². The van der Waals surface area contributed by atoms with Gasteiger partial charge < -0.3 is 15.8 Å². The van der Waals surface area contributed by atoms with Crippen LogP contribution in [0.15, 0.2) is 42.5 Å². The molecule has 1 saturated heterocycles. The Morgan fingerprint density at radius 3 is 2.64 bits per heavy atom. The molecule has 2 aromatic carbocycles. The molecule has 0 bridgehead atoms. The summed E-state index contributed by atoms with van der Waals surface area (Å²) in [7, 11) is 0. The maximum absolute atomic E-state index is 14.6. The van der Waals surface area contributed by atoms with Crippen molar-refractivity contribution in [1.82, 2.24) is 5.32 Å². The molecule has 0 aromatic heterocycles. The highest BCUT2D eigenvalue weighted by atomic mass is 19.1. The second-order valence-corrected chi connectivity index (χ2v) is 5.99.